The largest absolute Gasteiger partial charge is 0.348 e. The molecule has 2 fully saturated rings. The zero-order chi connectivity index (χ0) is 20.1. The minimum absolute atomic E-state index is 0.0788. The van der Waals surface area contributed by atoms with Crippen molar-refractivity contribution >= 4 is 17.5 Å². The molecule has 152 valence electrons. The number of benzene rings is 2. The highest BCUT2D eigenvalue weighted by Gasteiger charge is 2.20. The van der Waals surface area contributed by atoms with Crippen molar-refractivity contribution in [1.29, 1.82) is 0 Å². The lowest BCUT2D eigenvalue weighted by Gasteiger charge is -2.26. The van der Waals surface area contributed by atoms with Crippen molar-refractivity contribution in [2.75, 3.05) is 24.5 Å². The van der Waals surface area contributed by atoms with E-state index in [-0.39, 0.29) is 11.8 Å². The van der Waals surface area contributed by atoms with Crippen LogP contribution in [-0.4, -0.2) is 31.4 Å². The molecule has 0 atom stereocenters. The first-order chi connectivity index (χ1) is 14.2. The number of amides is 2. The Morgan fingerprint density at radius 3 is 2.38 bits per heavy atom. The Hall–Kier alpha value is -2.66. The topological polar surface area (TPSA) is 53.9 Å². The van der Waals surface area contributed by atoms with Crippen molar-refractivity contribution in [3.63, 3.8) is 0 Å². The molecule has 29 heavy (non-hydrogen) atoms. The second-order valence-electron chi connectivity index (χ2n) is 8.13. The monoisotopic (exact) mass is 392 g/mol. The first-order valence-corrected chi connectivity index (χ1v) is 10.8. The van der Waals surface area contributed by atoms with E-state index in [1.807, 2.05) is 35.2 Å². The fourth-order valence-electron chi connectivity index (χ4n) is 4.37. The number of carbonyl (C=O) groups is 2. The van der Waals surface area contributed by atoms with Crippen LogP contribution in [0.1, 0.15) is 53.6 Å². The van der Waals surface area contributed by atoms with E-state index in [1.54, 1.807) is 4.90 Å². The van der Waals surface area contributed by atoms with E-state index in [9.17, 15) is 9.59 Å². The van der Waals surface area contributed by atoms with Gasteiger partial charge in [0.15, 0.2) is 0 Å². The number of likely N-dealkylation sites (tertiary alicyclic amines) is 1. The predicted octanol–water partition coefficient (Wildman–Crippen LogP) is 2.31. The first kappa shape index (κ1) is 19.6. The Bertz CT molecular complexity index is 857. The Kier molecular flexibility index (Phi) is 6.25. The van der Waals surface area contributed by atoms with Gasteiger partial charge in [0, 0.05) is 49.2 Å². The minimum Gasteiger partial charge on any atom is -0.348 e. The highest BCUT2D eigenvalue weighted by Crippen LogP contribution is 2.21. The summed E-state index contributed by atoms with van der Waals surface area (Å²) in [6.45, 7) is 4.82. The average molecular weight is 393 g/mol. The highest BCUT2D eigenvalue weighted by atomic mass is 16.2. The van der Waals surface area contributed by atoms with E-state index in [1.165, 1.54) is 37.1 Å². The van der Waals surface area contributed by atoms with Crippen molar-refractivity contribution in [2.45, 2.75) is 45.2 Å². The quantitative estimate of drug-likeness (QED) is 0.793. The van der Waals surface area contributed by atoms with Crippen LogP contribution in [-0.2, 0) is 17.9 Å². The molecule has 2 amide bonds. The number of quaternary nitrogens is 1. The van der Waals surface area contributed by atoms with Gasteiger partial charge in [-0.05, 0) is 42.7 Å². The van der Waals surface area contributed by atoms with Gasteiger partial charge in [-0.2, -0.15) is 0 Å². The third-order valence-electron chi connectivity index (χ3n) is 6.07. The molecule has 2 aromatic carbocycles. The van der Waals surface area contributed by atoms with Crippen LogP contribution in [0, 0.1) is 0 Å². The van der Waals surface area contributed by atoms with E-state index in [0.717, 1.165) is 31.6 Å². The summed E-state index contributed by atoms with van der Waals surface area (Å²) in [5.41, 5.74) is 4.02. The van der Waals surface area contributed by atoms with Gasteiger partial charge in [-0.25, -0.2) is 0 Å². The van der Waals surface area contributed by atoms with Crippen LogP contribution in [0.2, 0.25) is 0 Å². The number of nitrogens with one attached hydrogen (secondary N) is 2. The van der Waals surface area contributed by atoms with E-state index in [4.69, 9.17) is 0 Å². The van der Waals surface area contributed by atoms with E-state index < -0.39 is 0 Å². The van der Waals surface area contributed by atoms with Gasteiger partial charge < -0.3 is 15.1 Å². The van der Waals surface area contributed by atoms with Crippen LogP contribution >= 0.6 is 0 Å². The number of hydrogen-bond acceptors (Lipinski definition) is 2. The molecule has 0 radical (unpaired) electrons. The number of carbonyl (C=O) groups excluding carboxylic acids is 2. The van der Waals surface area contributed by atoms with Crippen molar-refractivity contribution in [2.24, 2.45) is 0 Å². The molecule has 2 N–H and O–H groups in total. The smallest absolute Gasteiger partial charge is 0.251 e. The lowest BCUT2D eigenvalue weighted by Crippen LogP contribution is -3.08. The van der Waals surface area contributed by atoms with Crippen LogP contribution in [0.3, 0.4) is 0 Å². The Morgan fingerprint density at radius 2 is 1.66 bits per heavy atom. The molecular formula is C24H30N3O2+. The summed E-state index contributed by atoms with van der Waals surface area (Å²) in [4.78, 5) is 28.2. The van der Waals surface area contributed by atoms with Gasteiger partial charge in [-0.15, -0.1) is 0 Å². The molecule has 2 aliphatic heterocycles. The van der Waals surface area contributed by atoms with E-state index in [0.29, 0.717) is 18.5 Å². The van der Waals surface area contributed by atoms with Gasteiger partial charge in [-0.3, -0.25) is 9.59 Å². The second-order valence-corrected chi connectivity index (χ2v) is 8.13. The molecule has 0 spiro atoms. The van der Waals surface area contributed by atoms with Crippen LogP contribution < -0.4 is 15.1 Å². The zero-order valence-electron chi connectivity index (χ0n) is 17.0. The summed E-state index contributed by atoms with van der Waals surface area (Å²) in [7, 11) is 0. The molecule has 5 heteroatoms. The van der Waals surface area contributed by atoms with Crippen molar-refractivity contribution in [3.8, 4) is 0 Å². The van der Waals surface area contributed by atoms with Crippen molar-refractivity contribution < 1.29 is 14.5 Å². The molecule has 2 aliphatic rings. The van der Waals surface area contributed by atoms with Gasteiger partial charge >= 0.3 is 0 Å². The number of anilines is 1. The molecule has 4 rings (SSSR count). The molecule has 0 unspecified atom stereocenters. The maximum atomic E-state index is 12.6. The number of rotatable bonds is 6. The molecule has 5 nitrogen and oxygen atoms in total. The van der Waals surface area contributed by atoms with Gasteiger partial charge in [0.05, 0.1) is 13.1 Å². The number of piperidine rings is 1. The number of hydrogen-bond donors (Lipinski definition) is 2. The maximum absolute atomic E-state index is 12.6. The van der Waals surface area contributed by atoms with Gasteiger partial charge in [0.1, 0.15) is 6.54 Å². The SMILES string of the molecule is O=C(NCc1ccccc1C[NH+]1CCCC1)c1ccc(N2CCCCC2=O)cc1. The van der Waals surface area contributed by atoms with E-state index in [2.05, 4.69) is 23.5 Å². The van der Waals surface area contributed by atoms with Crippen LogP contribution in [0.5, 0.6) is 0 Å². The van der Waals surface area contributed by atoms with Crippen LogP contribution in [0.15, 0.2) is 48.5 Å². The van der Waals surface area contributed by atoms with Crippen LogP contribution in [0.25, 0.3) is 0 Å². The van der Waals surface area contributed by atoms with Crippen LogP contribution in [0.4, 0.5) is 5.69 Å². The normalized spacial score (nSPS) is 17.5. The summed E-state index contributed by atoms with van der Waals surface area (Å²) >= 11 is 0. The first-order valence-electron chi connectivity index (χ1n) is 10.8. The summed E-state index contributed by atoms with van der Waals surface area (Å²) in [5.74, 6) is 0.0926. The molecular weight excluding hydrogens is 362 g/mol. The fourth-order valence-corrected chi connectivity index (χ4v) is 4.37. The minimum atomic E-state index is -0.0788. The molecule has 2 heterocycles. The average Bonchev–Trinajstić information content (AvgIpc) is 3.26. The summed E-state index contributed by atoms with van der Waals surface area (Å²) in [5, 5.41) is 3.06. The highest BCUT2D eigenvalue weighted by molar-refractivity contribution is 5.96. The lowest BCUT2D eigenvalue weighted by molar-refractivity contribution is -0.901. The molecule has 0 aliphatic carbocycles. The summed E-state index contributed by atoms with van der Waals surface area (Å²) in [6, 6.07) is 15.8. The van der Waals surface area contributed by atoms with Crippen molar-refractivity contribution in [3.05, 3.63) is 65.2 Å². The van der Waals surface area contributed by atoms with Gasteiger partial charge in [0.2, 0.25) is 5.91 Å². The van der Waals surface area contributed by atoms with Gasteiger partial charge in [0.25, 0.3) is 5.91 Å². The second kappa shape index (κ2) is 9.23. The van der Waals surface area contributed by atoms with Gasteiger partial charge in [-0.1, -0.05) is 24.3 Å². The molecule has 0 saturated carbocycles. The maximum Gasteiger partial charge on any atom is 0.251 e. The lowest BCUT2D eigenvalue weighted by atomic mass is 10.1. The molecule has 0 aromatic heterocycles. The standard InChI is InChI=1S/C24H29N3O2/c28-23-9-3-4-16-27(23)22-12-10-19(11-13-22)24(29)25-17-20-7-1-2-8-21(20)18-26-14-5-6-15-26/h1-2,7-8,10-13H,3-6,9,14-18H2,(H,25,29)/p+1. The Morgan fingerprint density at radius 1 is 0.931 bits per heavy atom. The third kappa shape index (κ3) is 4.85. The third-order valence-corrected chi connectivity index (χ3v) is 6.07. The van der Waals surface area contributed by atoms with E-state index >= 15 is 0 Å². The molecule has 0 bridgehead atoms. The zero-order valence-corrected chi connectivity index (χ0v) is 17.0. The molecule has 2 aromatic rings. The number of nitrogens with zero attached hydrogens (tertiary/aromatic N) is 1. The Labute approximate surface area is 172 Å². The fraction of sp³-hybridized carbons (Fsp3) is 0.417. The summed E-state index contributed by atoms with van der Waals surface area (Å²) < 4.78 is 0. The summed E-state index contributed by atoms with van der Waals surface area (Å²) in [6.07, 6.45) is 5.24. The Balaban J connectivity index is 1.37. The predicted molar refractivity (Wildman–Crippen MR) is 114 cm³/mol. The molecule has 2 saturated heterocycles. The van der Waals surface area contributed by atoms with Crippen molar-refractivity contribution in [1.82, 2.24) is 5.32 Å².